The topological polar surface area (TPSA) is 71.5 Å². The Morgan fingerprint density at radius 3 is 2.38 bits per heavy atom. The van der Waals surface area contributed by atoms with Gasteiger partial charge < -0.3 is 10.1 Å². The molecule has 0 aliphatic rings. The third-order valence-electron chi connectivity index (χ3n) is 4.53. The quantitative estimate of drug-likeness (QED) is 0.520. The highest BCUT2D eigenvalue weighted by molar-refractivity contribution is 5.96. The molecule has 1 heterocycles. The summed E-state index contributed by atoms with van der Waals surface area (Å²) in [6.45, 7) is 7.59. The number of nitrogens with zero attached hydrogens (tertiary/aromatic N) is 2. The third-order valence-corrected chi connectivity index (χ3v) is 4.53. The van der Waals surface area contributed by atoms with Gasteiger partial charge in [0, 0.05) is 24.2 Å². The zero-order valence-corrected chi connectivity index (χ0v) is 17.3. The van der Waals surface area contributed by atoms with Gasteiger partial charge in [-0.05, 0) is 70.2 Å². The molecule has 0 radical (unpaired) electrons. The monoisotopic (exact) mass is 391 g/mol. The minimum absolute atomic E-state index is 0.0489. The fourth-order valence-electron chi connectivity index (χ4n) is 2.96. The molecule has 6 heteroatoms. The maximum atomic E-state index is 12.7. The zero-order valence-electron chi connectivity index (χ0n) is 17.3. The average molecular weight is 391 g/mol. The lowest BCUT2D eigenvalue weighted by Gasteiger charge is -2.20. The fourth-order valence-corrected chi connectivity index (χ4v) is 2.96. The van der Waals surface area contributed by atoms with Gasteiger partial charge in [0.25, 0.3) is 0 Å². The smallest absolute Gasteiger partial charge is 0.345 e. The molecule has 0 atom stereocenters. The van der Waals surface area contributed by atoms with Crippen LogP contribution in [0.15, 0.2) is 48.5 Å². The van der Waals surface area contributed by atoms with Crippen molar-refractivity contribution in [3.05, 3.63) is 65.4 Å². The van der Waals surface area contributed by atoms with Crippen molar-refractivity contribution < 1.29 is 14.3 Å². The van der Waals surface area contributed by atoms with Gasteiger partial charge in [0.1, 0.15) is 5.75 Å². The van der Waals surface area contributed by atoms with Crippen LogP contribution >= 0.6 is 0 Å². The Balaban J connectivity index is 1.76. The van der Waals surface area contributed by atoms with Gasteiger partial charge in [0.2, 0.25) is 0 Å². The first kappa shape index (κ1) is 20.3. The van der Waals surface area contributed by atoms with E-state index in [4.69, 9.17) is 4.74 Å². The van der Waals surface area contributed by atoms with E-state index in [-0.39, 0.29) is 12.1 Å². The molecule has 1 aromatic heterocycles. The van der Waals surface area contributed by atoms with Crippen molar-refractivity contribution >= 4 is 28.6 Å². The van der Waals surface area contributed by atoms with Crippen LogP contribution in [0.5, 0.6) is 5.75 Å². The summed E-state index contributed by atoms with van der Waals surface area (Å²) in [6.07, 6.45) is 0. The summed E-state index contributed by atoms with van der Waals surface area (Å²) in [5, 5.41) is 3.73. The minimum Gasteiger partial charge on any atom is -0.423 e. The number of amides is 2. The molecule has 0 fully saturated rings. The number of nitrogens with one attached hydrogen (secondary N) is 1. The predicted octanol–water partition coefficient (Wildman–Crippen LogP) is 4.63. The molecule has 2 aromatic carbocycles. The molecule has 0 unspecified atom stereocenters. The first-order chi connectivity index (χ1) is 13.7. The molecule has 0 saturated carbocycles. The molecular formula is C23H25N3O3. The van der Waals surface area contributed by atoms with Crippen LogP contribution in [0.25, 0.3) is 10.9 Å². The van der Waals surface area contributed by atoms with Crippen LogP contribution in [0, 0.1) is 13.8 Å². The molecular weight excluding hydrogens is 366 g/mol. The standard InChI is InChI=1S/C23H25N3O3/c1-14(2)24-23(28)26(5)18-7-9-19(10-8-18)29-22(27)20-13-17-12-15(3)6-11-21(17)25-16(20)4/h6-14H,1-5H3,(H,24,28). The Morgan fingerprint density at radius 2 is 1.72 bits per heavy atom. The lowest BCUT2D eigenvalue weighted by atomic mass is 10.1. The normalized spacial score (nSPS) is 10.8. The summed E-state index contributed by atoms with van der Waals surface area (Å²) < 4.78 is 5.52. The second-order valence-corrected chi connectivity index (χ2v) is 7.36. The fraction of sp³-hybridized carbons (Fsp3) is 0.261. The molecule has 2 amide bonds. The second-order valence-electron chi connectivity index (χ2n) is 7.36. The van der Waals surface area contributed by atoms with Gasteiger partial charge in [0.15, 0.2) is 0 Å². The second kappa shape index (κ2) is 8.31. The lowest BCUT2D eigenvalue weighted by molar-refractivity contribution is 0.0733. The first-order valence-electron chi connectivity index (χ1n) is 9.49. The van der Waals surface area contributed by atoms with E-state index in [9.17, 15) is 9.59 Å². The van der Waals surface area contributed by atoms with E-state index in [0.717, 1.165) is 16.5 Å². The Morgan fingerprint density at radius 1 is 1.03 bits per heavy atom. The van der Waals surface area contributed by atoms with Crippen LogP contribution in [0.4, 0.5) is 10.5 Å². The molecule has 29 heavy (non-hydrogen) atoms. The SMILES string of the molecule is Cc1ccc2nc(C)c(C(=O)Oc3ccc(N(C)C(=O)NC(C)C)cc3)cc2c1. The summed E-state index contributed by atoms with van der Waals surface area (Å²) in [4.78, 5) is 30.8. The Kier molecular flexibility index (Phi) is 5.82. The van der Waals surface area contributed by atoms with Crippen LogP contribution in [0.2, 0.25) is 0 Å². The van der Waals surface area contributed by atoms with Crippen molar-refractivity contribution in [2.24, 2.45) is 0 Å². The van der Waals surface area contributed by atoms with Gasteiger partial charge in [-0.25, -0.2) is 9.59 Å². The molecule has 150 valence electrons. The number of carbonyl (C=O) groups excluding carboxylic acids is 2. The molecule has 1 N–H and O–H groups in total. The third kappa shape index (κ3) is 4.71. The number of carbonyl (C=O) groups is 2. The Labute approximate surface area is 170 Å². The number of esters is 1. The number of benzene rings is 2. The van der Waals surface area contributed by atoms with Crippen molar-refractivity contribution in [1.82, 2.24) is 10.3 Å². The summed E-state index contributed by atoms with van der Waals surface area (Å²) in [5.41, 5.74) is 3.69. The number of ether oxygens (including phenoxy) is 1. The number of fused-ring (bicyclic) bond motifs is 1. The van der Waals surface area contributed by atoms with Gasteiger partial charge >= 0.3 is 12.0 Å². The number of hydrogen-bond acceptors (Lipinski definition) is 4. The van der Waals surface area contributed by atoms with Crippen molar-refractivity contribution in [2.75, 3.05) is 11.9 Å². The van der Waals surface area contributed by atoms with Crippen LogP contribution < -0.4 is 15.0 Å². The van der Waals surface area contributed by atoms with E-state index in [1.807, 2.05) is 45.0 Å². The molecule has 3 aromatic rings. The summed E-state index contributed by atoms with van der Waals surface area (Å²) in [6, 6.07) is 14.4. The van der Waals surface area contributed by atoms with Gasteiger partial charge in [-0.15, -0.1) is 0 Å². The molecule has 0 aliphatic heterocycles. The number of pyridine rings is 1. The highest BCUT2D eigenvalue weighted by atomic mass is 16.5. The summed E-state index contributed by atoms with van der Waals surface area (Å²) >= 11 is 0. The number of aromatic nitrogens is 1. The molecule has 0 aliphatic carbocycles. The molecule has 6 nitrogen and oxygen atoms in total. The summed E-state index contributed by atoms with van der Waals surface area (Å²) in [5.74, 6) is -0.0581. The highest BCUT2D eigenvalue weighted by Gasteiger charge is 2.16. The van der Waals surface area contributed by atoms with Crippen LogP contribution in [0.1, 0.15) is 35.5 Å². The summed E-state index contributed by atoms with van der Waals surface area (Å²) in [7, 11) is 1.69. The van der Waals surface area contributed by atoms with Crippen molar-refractivity contribution in [1.29, 1.82) is 0 Å². The molecule has 0 saturated heterocycles. The molecule has 0 bridgehead atoms. The number of rotatable bonds is 4. The Hall–Kier alpha value is -3.41. The lowest BCUT2D eigenvalue weighted by Crippen LogP contribution is -2.40. The van der Waals surface area contributed by atoms with E-state index in [0.29, 0.717) is 22.7 Å². The van der Waals surface area contributed by atoms with Crippen molar-refractivity contribution in [3.63, 3.8) is 0 Å². The van der Waals surface area contributed by atoms with E-state index in [1.54, 1.807) is 38.2 Å². The average Bonchev–Trinajstić information content (AvgIpc) is 2.67. The van der Waals surface area contributed by atoms with E-state index in [1.165, 1.54) is 4.90 Å². The van der Waals surface area contributed by atoms with E-state index >= 15 is 0 Å². The number of aryl methyl sites for hydroxylation is 2. The number of anilines is 1. The number of urea groups is 1. The van der Waals surface area contributed by atoms with Gasteiger partial charge in [-0.3, -0.25) is 9.88 Å². The van der Waals surface area contributed by atoms with Gasteiger partial charge in [0.05, 0.1) is 16.8 Å². The molecule has 3 rings (SSSR count). The number of hydrogen-bond donors (Lipinski definition) is 1. The van der Waals surface area contributed by atoms with Crippen molar-refractivity contribution in [3.8, 4) is 5.75 Å². The predicted molar refractivity (Wildman–Crippen MR) is 115 cm³/mol. The van der Waals surface area contributed by atoms with Crippen molar-refractivity contribution in [2.45, 2.75) is 33.7 Å². The van der Waals surface area contributed by atoms with Crippen LogP contribution in [0.3, 0.4) is 0 Å². The maximum Gasteiger partial charge on any atom is 0.345 e. The Bertz CT molecular complexity index is 1060. The minimum atomic E-state index is -0.461. The first-order valence-corrected chi connectivity index (χ1v) is 9.49. The highest BCUT2D eigenvalue weighted by Crippen LogP contribution is 2.22. The van der Waals surface area contributed by atoms with Gasteiger partial charge in [-0.1, -0.05) is 11.6 Å². The van der Waals surface area contributed by atoms with Gasteiger partial charge in [-0.2, -0.15) is 0 Å². The van der Waals surface area contributed by atoms with E-state index < -0.39 is 5.97 Å². The largest absolute Gasteiger partial charge is 0.423 e. The maximum absolute atomic E-state index is 12.7. The zero-order chi connectivity index (χ0) is 21.1. The van der Waals surface area contributed by atoms with Crippen LogP contribution in [-0.2, 0) is 0 Å². The van der Waals surface area contributed by atoms with Crippen LogP contribution in [-0.4, -0.2) is 30.1 Å². The molecule has 0 spiro atoms. The van der Waals surface area contributed by atoms with E-state index in [2.05, 4.69) is 10.3 Å².